The van der Waals surface area contributed by atoms with Crippen molar-refractivity contribution < 1.29 is 20.4 Å². The molecule has 0 spiro atoms. The van der Waals surface area contributed by atoms with Gasteiger partial charge in [0.2, 0.25) is 0 Å². The number of benzene rings is 4. The molecule has 2 saturated heterocycles. The van der Waals surface area contributed by atoms with Gasteiger partial charge in [0.25, 0.3) is 0 Å². The van der Waals surface area contributed by atoms with E-state index >= 15 is 0 Å². The fourth-order valence-electron chi connectivity index (χ4n) is 7.97. The number of rotatable bonds is 10. The molecule has 5 aromatic rings. The molecule has 0 saturated carbocycles. The Kier molecular flexibility index (Phi) is 9.25. The van der Waals surface area contributed by atoms with E-state index in [1.807, 2.05) is 140 Å². The Morgan fingerprint density at radius 3 is 1.10 bits per heavy atom. The summed E-state index contributed by atoms with van der Waals surface area (Å²) in [5.41, 5.74) is 2.11. The average molecular weight is 642 g/mol. The van der Waals surface area contributed by atoms with Crippen LogP contribution in [0.1, 0.15) is 46.5 Å². The molecule has 246 valence electrons. The van der Waals surface area contributed by atoms with E-state index in [0.717, 1.165) is 33.6 Å². The van der Waals surface area contributed by atoms with Gasteiger partial charge in [-0.1, -0.05) is 127 Å². The van der Waals surface area contributed by atoms with E-state index in [0.29, 0.717) is 39.0 Å². The third kappa shape index (κ3) is 6.21. The first kappa shape index (κ1) is 32.3. The maximum Gasteiger partial charge on any atom is 0.130 e. The second-order valence-corrected chi connectivity index (χ2v) is 13.3. The van der Waals surface area contributed by atoms with Crippen LogP contribution in [-0.4, -0.2) is 72.6 Å². The lowest BCUT2D eigenvalue weighted by Crippen LogP contribution is -2.48. The van der Waals surface area contributed by atoms with Gasteiger partial charge in [-0.2, -0.15) is 0 Å². The largest absolute Gasteiger partial charge is 0.392 e. The lowest BCUT2D eigenvalue weighted by molar-refractivity contribution is -0.00793. The van der Waals surface area contributed by atoms with E-state index in [-0.39, 0.29) is 12.1 Å². The molecule has 4 aromatic carbocycles. The van der Waals surface area contributed by atoms with Crippen LogP contribution in [0, 0.1) is 0 Å². The summed E-state index contributed by atoms with van der Waals surface area (Å²) in [5.74, 6) is 0. The minimum absolute atomic E-state index is 0.382. The molecule has 0 radical (unpaired) electrons. The summed E-state index contributed by atoms with van der Waals surface area (Å²) in [6.45, 7) is 1.73. The lowest BCUT2D eigenvalue weighted by Gasteiger charge is -2.40. The molecule has 2 aliphatic rings. The number of nitrogens with zero attached hydrogens (tertiary/aromatic N) is 3. The summed E-state index contributed by atoms with van der Waals surface area (Å²) < 4.78 is 0. The van der Waals surface area contributed by atoms with E-state index in [9.17, 15) is 20.4 Å². The molecule has 0 bridgehead atoms. The number of likely N-dealkylation sites (tertiary alicyclic amines) is 2. The Bertz CT molecular complexity index is 1570. The summed E-state index contributed by atoms with van der Waals surface area (Å²) in [4.78, 5) is 9.35. The molecule has 4 atom stereocenters. The molecule has 0 unspecified atom stereocenters. The van der Waals surface area contributed by atoms with Crippen LogP contribution < -0.4 is 0 Å². The van der Waals surface area contributed by atoms with Crippen LogP contribution in [0.2, 0.25) is 0 Å². The standard InChI is InChI=1S/C41H43N3O4/c45-36-24-38(40(47,30-14-5-1-6-15-30)31-16-7-2-8-17-31)43(28-36)26-34-22-13-23-35(42-34)27-44-29-37(46)25-39(44)41(48,32-18-9-3-10-19-32)33-20-11-4-12-21-33/h1-23,36-39,45-48H,24-29H2/t36-,37-,38+,39+/m1/s1. The highest BCUT2D eigenvalue weighted by Crippen LogP contribution is 2.42. The van der Waals surface area contributed by atoms with Gasteiger partial charge >= 0.3 is 0 Å². The molecule has 7 heteroatoms. The van der Waals surface area contributed by atoms with Crippen molar-refractivity contribution >= 4 is 0 Å². The Labute approximate surface area is 282 Å². The van der Waals surface area contributed by atoms with Crippen LogP contribution in [0.5, 0.6) is 0 Å². The summed E-state index contributed by atoms with van der Waals surface area (Å²) in [6.07, 6.45) is -0.328. The molecule has 3 heterocycles. The van der Waals surface area contributed by atoms with Crippen LogP contribution >= 0.6 is 0 Å². The molecular weight excluding hydrogens is 598 g/mol. The number of β-amino-alcohol motifs (C(OH)–C–C–N with tert-alkyl or cyclic N) is 2. The second-order valence-electron chi connectivity index (χ2n) is 13.3. The number of aliphatic hydroxyl groups excluding tert-OH is 2. The Morgan fingerprint density at radius 2 is 0.792 bits per heavy atom. The average Bonchev–Trinajstić information content (AvgIpc) is 3.70. The van der Waals surface area contributed by atoms with Crippen molar-refractivity contribution in [2.75, 3.05) is 13.1 Å². The third-order valence-electron chi connectivity index (χ3n) is 10.2. The predicted molar refractivity (Wildman–Crippen MR) is 186 cm³/mol. The van der Waals surface area contributed by atoms with Crippen molar-refractivity contribution in [1.82, 2.24) is 14.8 Å². The molecule has 0 amide bonds. The topological polar surface area (TPSA) is 100 Å². The Balaban J connectivity index is 1.17. The van der Waals surface area contributed by atoms with Gasteiger partial charge in [0.1, 0.15) is 11.2 Å². The zero-order valence-corrected chi connectivity index (χ0v) is 27.0. The normalized spacial score (nSPS) is 22.2. The van der Waals surface area contributed by atoms with Crippen LogP contribution in [-0.2, 0) is 24.3 Å². The van der Waals surface area contributed by atoms with Gasteiger partial charge in [0, 0.05) is 38.3 Å². The predicted octanol–water partition coefficient (Wildman–Crippen LogP) is 4.82. The van der Waals surface area contributed by atoms with Crippen LogP contribution in [0.4, 0.5) is 0 Å². The quantitative estimate of drug-likeness (QED) is 0.174. The summed E-state index contributed by atoms with van der Waals surface area (Å²) in [7, 11) is 0. The van der Waals surface area contributed by atoms with Crippen molar-refractivity contribution in [3.8, 4) is 0 Å². The molecule has 7 rings (SSSR count). The molecule has 2 fully saturated rings. The van der Waals surface area contributed by atoms with Crippen LogP contribution in [0.25, 0.3) is 0 Å². The zero-order chi connectivity index (χ0) is 33.1. The Hall–Kier alpha value is -4.21. The highest BCUT2D eigenvalue weighted by Gasteiger charge is 2.49. The van der Waals surface area contributed by atoms with E-state index in [4.69, 9.17) is 4.98 Å². The van der Waals surface area contributed by atoms with Crippen molar-refractivity contribution in [1.29, 1.82) is 0 Å². The smallest absolute Gasteiger partial charge is 0.130 e. The molecule has 7 nitrogen and oxygen atoms in total. The van der Waals surface area contributed by atoms with E-state index in [2.05, 4.69) is 9.80 Å². The summed E-state index contributed by atoms with van der Waals surface area (Å²) in [5, 5.41) is 47.0. The van der Waals surface area contributed by atoms with Gasteiger partial charge in [0.15, 0.2) is 0 Å². The maximum absolute atomic E-state index is 12.6. The van der Waals surface area contributed by atoms with Crippen molar-refractivity contribution in [3.05, 3.63) is 173 Å². The second kappa shape index (κ2) is 13.7. The lowest BCUT2D eigenvalue weighted by atomic mass is 9.79. The van der Waals surface area contributed by atoms with Gasteiger partial charge in [-0.3, -0.25) is 14.8 Å². The Morgan fingerprint density at radius 1 is 0.479 bits per heavy atom. The first-order valence-electron chi connectivity index (χ1n) is 16.8. The number of aromatic nitrogens is 1. The minimum Gasteiger partial charge on any atom is -0.392 e. The van der Waals surface area contributed by atoms with E-state index < -0.39 is 23.4 Å². The van der Waals surface area contributed by atoms with Crippen molar-refractivity contribution in [3.63, 3.8) is 0 Å². The van der Waals surface area contributed by atoms with E-state index in [1.54, 1.807) is 0 Å². The molecule has 1 aromatic heterocycles. The number of pyridine rings is 1. The SMILES string of the molecule is O[C@@H]1C[C@@H](C(O)(c2ccccc2)c2ccccc2)N(Cc2cccc(CN3C[C@H](O)C[C@H]3C(O)(c3ccccc3)c3ccccc3)n2)C1. The molecule has 4 N–H and O–H groups in total. The highest BCUT2D eigenvalue weighted by atomic mass is 16.3. The number of aliphatic hydroxyl groups is 4. The molecular formula is C41H43N3O4. The maximum atomic E-state index is 12.6. The van der Waals surface area contributed by atoms with Crippen LogP contribution in [0.3, 0.4) is 0 Å². The van der Waals surface area contributed by atoms with Gasteiger partial charge in [-0.25, -0.2) is 0 Å². The first-order chi connectivity index (χ1) is 23.4. The monoisotopic (exact) mass is 641 g/mol. The number of hydrogen-bond acceptors (Lipinski definition) is 7. The molecule has 0 aliphatic carbocycles. The minimum atomic E-state index is -1.34. The molecule has 48 heavy (non-hydrogen) atoms. The first-order valence-corrected chi connectivity index (χ1v) is 16.8. The number of hydrogen-bond donors (Lipinski definition) is 4. The summed E-state index contributed by atoms with van der Waals surface area (Å²) >= 11 is 0. The summed E-state index contributed by atoms with van der Waals surface area (Å²) in [6, 6.07) is 44.0. The van der Waals surface area contributed by atoms with Crippen molar-refractivity contribution in [2.45, 2.75) is 61.4 Å². The highest BCUT2D eigenvalue weighted by molar-refractivity contribution is 5.40. The third-order valence-corrected chi connectivity index (χ3v) is 10.2. The fourth-order valence-corrected chi connectivity index (χ4v) is 7.97. The van der Waals surface area contributed by atoms with Gasteiger partial charge < -0.3 is 20.4 Å². The molecule has 2 aliphatic heterocycles. The van der Waals surface area contributed by atoms with Crippen molar-refractivity contribution in [2.24, 2.45) is 0 Å². The fraction of sp³-hybridized carbons (Fsp3) is 0.293. The van der Waals surface area contributed by atoms with Gasteiger partial charge in [-0.15, -0.1) is 0 Å². The van der Waals surface area contributed by atoms with E-state index in [1.165, 1.54) is 0 Å². The van der Waals surface area contributed by atoms with Gasteiger partial charge in [-0.05, 0) is 47.2 Å². The van der Waals surface area contributed by atoms with Crippen LogP contribution in [0.15, 0.2) is 140 Å². The van der Waals surface area contributed by atoms with Gasteiger partial charge in [0.05, 0.1) is 23.6 Å². The zero-order valence-electron chi connectivity index (χ0n) is 27.0.